The Bertz CT molecular complexity index is 3870. The summed E-state index contributed by atoms with van der Waals surface area (Å²) in [7, 11) is -2.86. The Kier molecular flexibility index (Phi) is 6.86. The molecule has 2 nitrogen and oxygen atoms in total. The van der Waals surface area contributed by atoms with Gasteiger partial charge in [0.1, 0.15) is 0 Å². The number of fused-ring (bicyclic) bond motifs is 15. The third kappa shape index (κ3) is 4.31. The largest absolute Gasteiger partial charge is 0.330 e. The lowest BCUT2D eigenvalue weighted by Crippen LogP contribution is -2.68. The number of benzene rings is 8. The zero-order chi connectivity index (χ0) is 42.8. The Morgan fingerprint density at radius 3 is 1.77 bits per heavy atom. The molecule has 3 heteroatoms. The molecule has 0 radical (unpaired) electrons. The van der Waals surface area contributed by atoms with Crippen molar-refractivity contribution in [3.63, 3.8) is 0 Å². The first-order valence-corrected chi connectivity index (χ1v) is 25.3. The van der Waals surface area contributed by atoms with Gasteiger partial charge in [-0.1, -0.05) is 183 Å². The third-order valence-electron chi connectivity index (χ3n) is 16.5. The van der Waals surface area contributed by atoms with E-state index < -0.39 is 8.07 Å². The van der Waals surface area contributed by atoms with Gasteiger partial charge >= 0.3 is 0 Å². The van der Waals surface area contributed by atoms with Gasteiger partial charge in [-0.05, 0) is 104 Å². The number of hydrogen-bond donors (Lipinski definition) is 0. The van der Waals surface area contributed by atoms with Crippen LogP contribution < -0.4 is 15.6 Å². The van der Waals surface area contributed by atoms with Gasteiger partial charge in [0.15, 0.2) is 8.07 Å². The molecule has 4 unspecified atom stereocenters. The van der Waals surface area contributed by atoms with Gasteiger partial charge in [-0.3, -0.25) is 0 Å². The SMILES string of the molecule is CC12C=C(c3cc4c5ccccc5n5c6ccccc6c(c3)c45)C=CC1[Si](c1ccccc1)(c1ccccc1)c1c(-c3cc4c5c(c3)c3ccccc3n5C3(C)C=CC=CC43)cccc12. The van der Waals surface area contributed by atoms with Crippen LogP contribution in [0.4, 0.5) is 0 Å². The molecular weight excluding hydrogens is 801 g/mol. The summed E-state index contributed by atoms with van der Waals surface area (Å²) in [6.45, 7) is 4.99. The first-order chi connectivity index (χ1) is 32.0. The van der Waals surface area contributed by atoms with E-state index in [9.17, 15) is 0 Å². The summed E-state index contributed by atoms with van der Waals surface area (Å²) in [5, 5.41) is 12.4. The van der Waals surface area contributed by atoms with Crippen LogP contribution in [0.5, 0.6) is 0 Å². The summed E-state index contributed by atoms with van der Waals surface area (Å²) in [5.74, 6) is 0.254. The molecule has 4 aliphatic rings. The van der Waals surface area contributed by atoms with E-state index in [1.807, 2.05) is 0 Å². The van der Waals surface area contributed by atoms with E-state index in [-0.39, 0.29) is 22.4 Å². The van der Waals surface area contributed by atoms with Gasteiger partial charge in [0.05, 0.1) is 27.6 Å². The predicted molar refractivity (Wildman–Crippen MR) is 276 cm³/mol. The number of aromatic nitrogens is 2. The molecule has 11 aromatic rings. The summed E-state index contributed by atoms with van der Waals surface area (Å²) in [6, 6.07) is 67.6. The van der Waals surface area contributed by atoms with E-state index in [1.165, 1.54) is 104 Å². The van der Waals surface area contributed by atoms with Crippen molar-refractivity contribution in [2.24, 2.45) is 0 Å². The fourth-order valence-corrected chi connectivity index (χ4v) is 20.2. The van der Waals surface area contributed by atoms with Gasteiger partial charge in [-0.25, -0.2) is 0 Å². The van der Waals surface area contributed by atoms with Gasteiger partial charge in [0.25, 0.3) is 0 Å². The molecule has 2 aliphatic carbocycles. The minimum atomic E-state index is -2.86. The zero-order valence-corrected chi connectivity index (χ0v) is 37.3. The second-order valence-corrected chi connectivity index (χ2v) is 23.4. The fraction of sp³-hybridized carbons (Fsp3) is 0.0968. The van der Waals surface area contributed by atoms with Crippen LogP contribution in [-0.4, -0.2) is 17.0 Å². The highest BCUT2D eigenvalue weighted by Crippen LogP contribution is 2.57. The van der Waals surface area contributed by atoms with Crippen molar-refractivity contribution in [3.05, 3.63) is 235 Å². The zero-order valence-electron chi connectivity index (χ0n) is 36.3. The van der Waals surface area contributed by atoms with E-state index in [0.29, 0.717) is 0 Å². The molecule has 3 aromatic heterocycles. The summed E-state index contributed by atoms with van der Waals surface area (Å²) in [5.41, 5.74) is 14.5. The Balaban J connectivity index is 1.02. The average Bonchev–Trinajstić information content (AvgIpc) is 4.12. The predicted octanol–water partition coefficient (Wildman–Crippen LogP) is 13.3. The van der Waals surface area contributed by atoms with Crippen LogP contribution in [0.15, 0.2) is 218 Å². The molecule has 8 aromatic carbocycles. The van der Waals surface area contributed by atoms with Crippen LogP contribution >= 0.6 is 0 Å². The Hall–Kier alpha value is -7.46. The lowest BCUT2D eigenvalue weighted by Gasteiger charge is -2.41. The molecule has 306 valence electrons. The highest BCUT2D eigenvalue weighted by Gasteiger charge is 2.61. The summed E-state index contributed by atoms with van der Waals surface area (Å²) < 4.78 is 5.12. The van der Waals surface area contributed by atoms with Crippen LogP contribution in [0.25, 0.3) is 76.6 Å². The maximum Gasteiger partial charge on any atom is 0.157 e. The number of rotatable bonds is 4. The van der Waals surface area contributed by atoms with Crippen molar-refractivity contribution in [1.29, 1.82) is 0 Å². The summed E-state index contributed by atoms with van der Waals surface area (Å²) in [4.78, 5) is 0. The van der Waals surface area contributed by atoms with Crippen molar-refractivity contribution in [2.75, 3.05) is 0 Å². The molecule has 0 amide bonds. The molecule has 0 N–H and O–H groups in total. The Labute approximate surface area is 378 Å². The van der Waals surface area contributed by atoms with Crippen molar-refractivity contribution in [3.8, 4) is 11.1 Å². The maximum absolute atomic E-state index is 2.86. The molecule has 15 rings (SSSR count). The van der Waals surface area contributed by atoms with E-state index in [0.717, 1.165) is 0 Å². The van der Waals surface area contributed by atoms with E-state index in [2.05, 4.69) is 241 Å². The van der Waals surface area contributed by atoms with Crippen LogP contribution in [0.2, 0.25) is 5.54 Å². The van der Waals surface area contributed by atoms with Crippen LogP contribution in [0.3, 0.4) is 0 Å². The number of hydrogen-bond acceptors (Lipinski definition) is 0. The maximum atomic E-state index is 2.68. The minimum Gasteiger partial charge on any atom is -0.330 e. The first kappa shape index (κ1) is 35.9. The third-order valence-corrected chi connectivity index (χ3v) is 22.0. The highest BCUT2D eigenvalue weighted by molar-refractivity contribution is 7.14. The molecule has 0 fully saturated rings. The highest BCUT2D eigenvalue weighted by atomic mass is 28.3. The topological polar surface area (TPSA) is 9.34 Å². The quantitative estimate of drug-likeness (QED) is 0.156. The minimum absolute atomic E-state index is 0.171. The smallest absolute Gasteiger partial charge is 0.157 e. The first-order valence-electron chi connectivity index (χ1n) is 23.3. The van der Waals surface area contributed by atoms with Crippen LogP contribution in [-0.2, 0) is 11.0 Å². The van der Waals surface area contributed by atoms with Gasteiger partial charge in [-0.2, -0.15) is 0 Å². The number of nitrogens with zero attached hydrogens (tertiary/aromatic N) is 2. The van der Waals surface area contributed by atoms with Crippen molar-refractivity contribution in [2.45, 2.75) is 36.3 Å². The van der Waals surface area contributed by atoms with Gasteiger partial charge in [-0.15, -0.1) is 0 Å². The normalized spacial score (nSPS) is 22.5. The van der Waals surface area contributed by atoms with Gasteiger partial charge < -0.3 is 8.97 Å². The average molecular weight is 845 g/mol. The van der Waals surface area contributed by atoms with E-state index in [4.69, 9.17) is 0 Å². The molecule has 0 saturated carbocycles. The molecule has 4 atom stereocenters. The number of allylic oxidation sites excluding steroid dienone is 8. The van der Waals surface area contributed by atoms with Crippen LogP contribution in [0, 0.1) is 0 Å². The lowest BCUT2D eigenvalue weighted by atomic mass is 9.74. The molecule has 5 heterocycles. The molecule has 0 bridgehead atoms. The Morgan fingerprint density at radius 1 is 0.508 bits per heavy atom. The Morgan fingerprint density at radius 2 is 1.09 bits per heavy atom. The molecule has 65 heavy (non-hydrogen) atoms. The number of para-hydroxylation sites is 3. The lowest BCUT2D eigenvalue weighted by molar-refractivity contribution is 0.414. The van der Waals surface area contributed by atoms with Crippen molar-refractivity contribution >= 4 is 89.1 Å². The van der Waals surface area contributed by atoms with E-state index in [1.54, 1.807) is 5.19 Å². The van der Waals surface area contributed by atoms with Crippen LogP contribution in [0.1, 0.15) is 36.5 Å². The fourth-order valence-electron chi connectivity index (χ4n) is 13.9. The molecule has 0 spiro atoms. The monoisotopic (exact) mass is 844 g/mol. The summed E-state index contributed by atoms with van der Waals surface area (Å²) in [6.07, 6.45) is 17.2. The van der Waals surface area contributed by atoms with E-state index >= 15 is 0 Å². The van der Waals surface area contributed by atoms with Crippen molar-refractivity contribution in [1.82, 2.24) is 8.97 Å². The molecule has 0 saturated heterocycles. The molecule has 2 aliphatic heterocycles. The van der Waals surface area contributed by atoms with Gasteiger partial charge in [0, 0.05) is 49.2 Å². The van der Waals surface area contributed by atoms with Gasteiger partial charge in [0.2, 0.25) is 0 Å². The second-order valence-electron chi connectivity index (χ2n) is 19.5. The van der Waals surface area contributed by atoms with Crippen molar-refractivity contribution < 1.29 is 0 Å². The summed E-state index contributed by atoms with van der Waals surface area (Å²) >= 11 is 0. The standard InChI is InChI=1S/C62H44N2Si/c1-61-38-39(40-34-48-45-22-9-12-28-54(45)63-55-29-13-10-23-46(55)49(35-40)58(48)63)31-32-57(61)65(42-18-5-3-6-19-42,43-20-7-4-8-21-43)60-44(25-17-27-53(60)61)41-36-50-47-24-11-14-30-56(47)64-59(50)51(37-41)52-26-15-16-33-62(52,64)2/h3-38,52,57H,1-2H3. The molecular formula is C62H44N2Si. The second kappa shape index (κ2) is 12.4.